The van der Waals surface area contributed by atoms with Crippen LogP contribution < -0.4 is 20.6 Å². The number of rotatable bonds is 2. The zero-order chi connectivity index (χ0) is 15.8. The van der Waals surface area contributed by atoms with Gasteiger partial charge in [-0.15, -0.1) is 0 Å². The minimum absolute atomic E-state index is 0. The Labute approximate surface area is 144 Å². The van der Waals surface area contributed by atoms with Gasteiger partial charge in [-0.25, -0.2) is 0 Å². The molecule has 0 atom stereocenters. The minimum Gasteiger partial charge on any atom is -0.360 e. The van der Waals surface area contributed by atoms with Crippen LogP contribution >= 0.6 is 0 Å². The fourth-order valence-electron chi connectivity index (χ4n) is 1.12. The number of nitrogens with one attached hydrogen (secondary N) is 4. The van der Waals surface area contributed by atoms with Gasteiger partial charge in [0.05, 0.1) is 0 Å². The molecule has 0 aliphatic heterocycles. The zero-order valence-electron chi connectivity index (χ0n) is 15.5. The molecule has 0 heterocycles. The van der Waals surface area contributed by atoms with Crippen LogP contribution in [-0.2, 0) is 25.8 Å². The predicted molar refractivity (Wildman–Crippen MR) is 94.8 cm³/mol. The SMILES string of the molecule is CNC.CNC.CNC.C[Si](C)(C)N[Si](C)(C)C.[Hf]. The van der Waals surface area contributed by atoms with Gasteiger partial charge in [0.1, 0.15) is 16.5 Å². The molecule has 0 aromatic carbocycles. The first-order chi connectivity index (χ1) is 7.95. The summed E-state index contributed by atoms with van der Waals surface area (Å²) in [5.41, 5.74) is 0. The van der Waals surface area contributed by atoms with Crippen LogP contribution in [-0.4, -0.2) is 58.8 Å². The Morgan fingerprint density at radius 3 is 0.579 bits per heavy atom. The molecule has 0 aliphatic rings. The molecule has 0 unspecified atom stereocenters. The van der Waals surface area contributed by atoms with Crippen molar-refractivity contribution in [3.63, 3.8) is 0 Å². The second-order valence-electron chi connectivity index (χ2n) is 6.12. The zero-order valence-corrected chi connectivity index (χ0v) is 21.1. The van der Waals surface area contributed by atoms with Gasteiger partial charge in [-0.1, -0.05) is 39.3 Å². The maximum atomic E-state index is 3.74. The number of hydrogen-bond donors (Lipinski definition) is 4. The molecular weight excluding hydrogens is 435 g/mol. The van der Waals surface area contributed by atoms with E-state index in [0.29, 0.717) is 0 Å². The van der Waals surface area contributed by atoms with E-state index in [1.165, 1.54) is 0 Å². The Morgan fingerprint density at radius 1 is 0.474 bits per heavy atom. The second kappa shape index (κ2) is 21.4. The fourth-order valence-corrected chi connectivity index (χ4v) is 10.1. The van der Waals surface area contributed by atoms with E-state index in [-0.39, 0.29) is 25.8 Å². The van der Waals surface area contributed by atoms with Crippen LogP contribution in [0.3, 0.4) is 0 Å². The van der Waals surface area contributed by atoms with Gasteiger partial charge in [0, 0.05) is 25.8 Å². The molecule has 7 heteroatoms. The first-order valence-corrected chi connectivity index (χ1v) is 13.5. The van der Waals surface area contributed by atoms with Crippen molar-refractivity contribution in [2.45, 2.75) is 39.3 Å². The van der Waals surface area contributed by atoms with Gasteiger partial charge in [-0.3, -0.25) is 0 Å². The maximum Gasteiger partial charge on any atom is 0.109 e. The molecule has 19 heavy (non-hydrogen) atoms. The molecule has 0 bridgehead atoms. The van der Waals surface area contributed by atoms with E-state index < -0.39 is 16.5 Å². The Hall–Kier alpha value is 1.14. The summed E-state index contributed by atoms with van der Waals surface area (Å²) < 4.78 is 3.74. The molecule has 0 rings (SSSR count). The molecule has 0 fully saturated rings. The van der Waals surface area contributed by atoms with Crippen LogP contribution in [0.5, 0.6) is 0 Å². The van der Waals surface area contributed by atoms with E-state index in [1.807, 2.05) is 42.3 Å². The molecule has 0 saturated carbocycles. The van der Waals surface area contributed by atoms with Crippen molar-refractivity contribution in [1.82, 2.24) is 20.6 Å². The fraction of sp³-hybridized carbons (Fsp3) is 1.00. The first-order valence-electron chi connectivity index (χ1n) is 6.50. The normalized spacial score (nSPS) is 9.47. The van der Waals surface area contributed by atoms with Crippen LogP contribution in [0.4, 0.5) is 0 Å². The van der Waals surface area contributed by atoms with E-state index in [0.717, 1.165) is 0 Å². The van der Waals surface area contributed by atoms with E-state index in [1.54, 1.807) is 0 Å². The van der Waals surface area contributed by atoms with Gasteiger partial charge in [0.2, 0.25) is 0 Å². The smallest absolute Gasteiger partial charge is 0.109 e. The molecule has 0 spiro atoms. The molecule has 4 N–H and O–H groups in total. The monoisotopic (exact) mass is 476 g/mol. The Balaban J connectivity index is -0.0000000548. The summed E-state index contributed by atoms with van der Waals surface area (Å²) in [7, 11) is 9.29. The van der Waals surface area contributed by atoms with Crippen LogP contribution in [0.1, 0.15) is 0 Å². The van der Waals surface area contributed by atoms with Crippen molar-refractivity contribution >= 4 is 16.5 Å². The van der Waals surface area contributed by atoms with E-state index in [9.17, 15) is 0 Å². The van der Waals surface area contributed by atoms with Gasteiger partial charge in [-0.2, -0.15) is 0 Å². The predicted octanol–water partition coefficient (Wildman–Crippen LogP) is 1.75. The number of hydrogen-bond acceptors (Lipinski definition) is 4. The quantitative estimate of drug-likeness (QED) is 0.460. The van der Waals surface area contributed by atoms with Crippen molar-refractivity contribution < 1.29 is 25.8 Å². The van der Waals surface area contributed by atoms with E-state index in [2.05, 4.69) is 59.9 Å². The molecule has 4 nitrogen and oxygen atoms in total. The summed E-state index contributed by atoms with van der Waals surface area (Å²) in [5.74, 6) is 0. The second-order valence-corrected chi connectivity index (χ2v) is 16.1. The van der Waals surface area contributed by atoms with Gasteiger partial charge >= 0.3 is 0 Å². The van der Waals surface area contributed by atoms with Crippen LogP contribution in [0, 0.1) is 0 Å². The Kier molecular flexibility index (Phi) is 36.3. The third-order valence-electron chi connectivity index (χ3n) is 0.750. The summed E-state index contributed by atoms with van der Waals surface area (Å²) in [6.45, 7) is 14.1. The average Bonchev–Trinajstić information content (AvgIpc) is 2.00. The van der Waals surface area contributed by atoms with Gasteiger partial charge in [0.15, 0.2) is 0 Å². The topological polar surface area (TPSA) is 48.1 Å². The van der Waals surface area contributed by atoms with Crippen molar-refractivity contribution in [1.29, 1.82) is 0 Å². The average molecular weight is 475 g/mol. The van der Waals surface area contributed by atoms with Gasteiger partial charge in [0.25, 0.3) is 0 Å². The third kappa shape index (κ3) is 110. The van der Waals surface area contributed by atoms with Crippen molar-refractivity contribution in [2.75, 3.05) is 42.3 Å². The first kappa shape index (κ1) is 32.2. The molecule has 120 valence electrons. The standard InChI is InChI=1S/C6H19NSi2.3C2H7N.Hf/c1-8(2,3)7-9(4,5)6;3*1-3-2;/h7H,1-6H3;3*3H,1-2H3;. The largest absolute Gasteiger partial charge is 0.360 e. The van der Waals surface area contributed by atoms with Crippen molar-refractivity contribution in [2.24, 2.45) is 0 Å². The van der Waals surface area contributed by atoms with Gasteiger partial charge in [-0.05, 0) is 42.3 Å². The van der Waals surface area contributed by atoms with Crippen molar-refractivity contribution in [3.05, 3.63) is 0 Å². The van der Waals surface area contributed by atoms with E-state index in [4.69, 9.17) is 0 Å². The molecule has 0 radical (unpaired) electrons. The maximum absolute atomic E-state index is 3.74. The Bertz CT molecular complexity index is 120. The Morgan fingerprint density at radius 2 is 0.579 bits per heavy atom. The molecule has 0 amide bonds. The van der Waals surface area contributed by atoms with Crippen molar-refractivity contribution in [3.8, 4) is 0 Å². The van der Waals surface area contributed by atoms with Gasteiger partial charge < -0.3 is 20.6 Å². The van der Waals surface area contributed by atoms with E-state index >= 15 is 0 Å². The minimum atomic E-state index is -0.981. The summed E-state index contributed by atoms with van der Waals surface area (Å²) in [4.78, 5) is 0. The summed E-state index contributed by atoms with van der Waals surface area (Å²) in [5, 5.41) is 8.25. The molecule has 0 aliphatic carbocycles. The summed E-state index contributed by atoms with van der Waals surface area (Å²) in [6.07, 6.45) is 0. The molecule has 0 aromatic rings. The molecule has 0 aromatic heterocycles. The summed E-state index contributed by atoms with van der Waals surface area (Å²) >= 11 is 0. The van der Waals surface area contributed by atoms with Crippen LogP contribution in [0.25, 0.3) is 0 Å². The molecular formula is C12H40HfN4Si2. The van der Waals surface area contributed by atoms with Crippen LogP contribution in [0.15, 0.2) is 0 Å². The third-order valence-corrected chi connectivity index (χ3v) is 6.75. The molecule has 0 saturated heterocycles. The van der Waals surface area contributed by atoms with Crippen LogP contribution in [0.2, 0.25) is 39.3 Å². The summed E-state index contributed by atoms with van der Waals surface area (Å²) in [6, 6.07) is 0.